The van der Waals surface area contributed by atoms with Crippen LogP contribution in [0, 0.1) is 17.0 Å². The molecule has 3 aromatic rings. The van der Waals surface area contributed by atoms with E-state index in [9.17, 15) is 10.1 Å². The van der Waals surface area contributed by atoms with E-state index in [0.29, 0.717) is 11.2 Å². The Balaban J connectivity index is 2.00. The van der Waals surface area contributed by atoms with Gasteiger partial charge < -0.3 is 4.74 Å². The lowest BCUT2D eigenvalue weighted by molar-refractivity contribution is -0.384. The van der Waals surface area contributed by atoms with Crippen LogP contribution >= 0.6 is 11.6 Å². The molecular formula is C11H7ClN6O3. The standard InChI is InChI=1S/C11H7ClN6O3/c1-6-4-7(12)8(18(19)20)5-9(6)21-11-3-2-10-13-15-16-17(10)14-11/h2-5H,1H3. The molecule has 0 spiro atoms. The van der Waals surface area contributed by atoms with Crippen LogP contribution in [0.5, 0.6) is 11.6 Å². The van der Waals surface area contributed by atoms with E-state index in [-0.39, 0.29) is 22.3 Å². The number of benzene rings is 1. The monoisotopic (exact) mass is 306 g/mol. The number of aromatic nitrogens is 5. The highest BCUT2D eigenvalue weighted by atomic mass is 35.5. The zero-order valence-corrected chi connectivity index (χ0v) is 11.4. The molecule has 2 heterocycles. The van der Waals surface area contributed by atoms with Gasteiger partial charge in [-0.2, -0.15) is 0 Å². The number of rotatable bonds is 3. The van der Waals surface area contributed by atoms with Gasteiger partial charge in [0.15, 0.2) is 5.65 Å². The van der Waals surface area contributed by atoms with Crippen molar-refractivity contribution in [2.45, 2.75) is 6.92 Å². The van der Waals surface area contributed by atoms with Crippen LogP contribution in [0.15, 0.2) is 24.3 Å². The Bertz CT molecular complexity index is 849. The van der Waals surface area contributed by atoms with Gasteiger partial charge in [0.05, 0.1) is 11.0 Å². The molecule has 0 aliphatic heterocycles. The fourth-order valence-corrected chi connectivity index (χ4v) is 1.98. The first kappa shape index (κ1) is 13.2. The molecule has 0 aliphatic rings. The van der Waals surface area contributed by atoms with Gasteiger partial charge in [-0.05, 0) is 35.0 Å². The van der Waals surface area contributed by atoms with Crippen molar-refractivity contribution in [3.8, 4) is 11.6 Å². The topological polar surface area (TPSA) is 108 Å². The average molecular weight is 307 g/mol. The molecule has 0 amide bonds. The highest BCUT2D eigenvalue weighted by molar-refractivity contribution is 6.32. The number of aryl methyl sites for hydroxylation is 1. The Kier molecular flexibility index (Phi) is 3.10. The summed E-state index contributed by atoms with van der Waals surface area (Å²) in [5, 5.41) is 25.8. The van der Waals surface area contributed by atoms with E-state index in [4.69, 9.17) is 16.3 Å². The normalized spacial score (nSPS) is 10.8. The van der Waals surface area contributed by atoms with Crippen molar-refractivity contribution in [3.05, 3.63) is 45.0 Å². The van der Waals surface area contributed by atoms with Gasteiger partial charge in [0.2, 0.25) is 5.88 Å². The summed E-state index contributed by atoms with van der Waals surface area (Å²) in [6, 6.07) is 5.89. The number of nitrogens with zero attached hydrogens (tertiary/aromatic N) is 6. The highest BCUT2D eigenvalue weighted by Gasteiger charge is 2.17. The third-order valence-corrected chi connectivity index (χ3v) is 3.00. The second-order valence-electron chi connectivity index (χ2n) is 4.13. The molecule has 0 aliphatic carbocycles. The number of nitro benzene ring substituents is 1. The van der Waals surface area contributed by atoms with Crippen molar-refractivity contribution < 1.29 is 9.66 Å². The van der Waals surface area contributed by atoms with E-state index in [1.165, 1.54) is 16.8 Å². The van der Waals surface area contributed by atoms with Crippen LogP contribution in [0.4, 0.5) is 5.69 Å². The number of fused-ring (bicyclic) bond motifs is 1. The second-order valence-corrected chi connectivity index (χ2v) is 4.53. The summed E-state index contributed by atoms with van der Waals surface area (Å²) in [5.74, 6) is 0.487. The third-order valence-electron chi connectivity index (χ3n) is 2.70. The van der Waals surface area contributed by atoms with Crippen molar-refractivity contribution in [1.82, 2.24) is 25.3 Å². The van der Waals surface area contributed by atoms with Crippen LogP contribution in [-0.2, 0) is 0 Å². The Morgan fingerprint density at radius 1 is 1.38 bits per heavy atom. The number of halogens is 1. The molecule has 0 saturated carbocycles. The molecular weight excluding hydrogens is 300 g/mol. The van der Waals surface area contributed by atoms with Gasteiger partial charge >= 0.3 is 0 Å². The van der Waals surface area contributed by atoms with Gasteiger partial charge in [-0.15, -0.1) is 14.8 Å². The maximum absolute atomic E-state index is 10.9. The van der Waals surface area contributed by atoms with E-state index in [2.05, 4.69) is 20.6 Å². The molecule has 0 atom stereocenters. The number of hydrogen-bond acceptors (Lipinski definition) is 7. The predicted molar refractivity (Wildman–Crippen MR) is 71.5 cm³/mol. The van der Waals surface area contributed by atoms with E-state index in [1.807, 2.05) is 0 Å². The van der Waals surface area contributed by atoms with Crippen molar-refractivity contribution in [2.24, 2.45) is 0 Å². The molecule has 0 fully saturated rings. The van der Waals surface area contributed by atoms with Crippen molar-refractivity contribution in [2.75, 3.05) is 0 Å². The number of ether oxygens (including phenoxy) is 1. The Morgan fingerprint density at radius 3 is 2.95 bits per heavy atom. The van der Waals surface area contributed by atoms with Crippen LogP contribution in [0.1, 0.15) is 5.56 Å². The molecule has 0 saturated heterocycles. The van der Waals surface area contributed by atoms with Crippen molar-refractivity contribution in [3.63, 3.8) is 0 Å². The van der Waals surface area contributed by atoms with Crippen LogP contribution in [-0.4, -0.2) is 30.2 Å². The fourth-order valence-electron chi connectivity index (χ4n) is 1.69. The Labute approximate surface area is 122 Å². The van der Waals surface area contributed by atoms with E-state index < -0.39 is 4.92 Å². The van der Waals surface area contributed by atoms with Crippen LogP contribution in [0.2, 0.25) is 5.02 Å². The molecule has 0 N–H and O–H groups in total. The lowest BCUT2D eigenvalue weighted by Gasteiger charge is -2.08. The minimum Gasteiger partial charge on any atom is -0.437 e. The number of nitro groups is 1. The summed E-state index contributed by atoms with van der Waals surface area (Å²) in [5.41, 5.74) is 0.867. The van der Waals surface area contributed by atoms with E-state index >= 15 is 0 Å². The number of hydrogen-bond donors (Lipinski definition) is 0. The molecule has 10 heteroatoms. The largest absolute Gasteiger partial charge is 0.437 e. The SMILES string of the molecule is Cc1cc(Cl)c([N+](=O)[O-])cc1Oc1ccc2nnnn2n1. The summed E-state index contributed by atoms with van der Waals surface area (Å²) >= 11 is 5.82. The first-order valence-corrected chi connectivity index (χ1v) is 6.10. The summed E-state index contributed by atoms with van der Waals surface area (Å²) in [6.07, 6.45) is 0. The zero-order valence-electron chi connectivity index (χ0n) is 10.6. The molecule has 106 valence electrons. The van der Waals surface area contributed by atoms with Crippen LogP contribution in [0.25, 0.3) is 5.65 Å². The second kappa shape index (κ2) is 4.94. The summed E-state index contributed by atoms with van der Waals surface area (Å²) in [7, 11) is 0. The Morgan fingerprint density at radius 2 is 2.19 bits per heavy atom. The van der Waals surface area contributed by atoms with E-state index in [1.54, 1.807) is 19.1 Å². The maximum atomic E-state index is 10.9. The lowest BCUT2D eigenvalue weighted by atomic mass is 10.2. The van der Waals surface area contributed by atoms with E-state index in [0.717, 1.165) is 0 Å². The smallest absolute Gasteiger partial charge is 0.291 e. The number of tetrazole rings is 1. The minimum atomic E-state index is -0.577. The highest BCUT2D eigenvalue weighted by Crippen LogP contribution is 2.33. The zero-order chi connectivity index (χ0) is 15.0. The average Bonchev–Trinajstić information content (AvgIpc) is 2.88. The van der Waals surface area contributed by atoms with Crippen LogP contribution < -0.4 is 4.74 Å². The molecule has 2 aromatic heterocycles. The van der Waals surface area contributed by atoms with Gasteiger partial charge in [0.25, 0.3) is 5.69 Å². The quantitative estimate of drug-likeness (QED) is 0.539. The molecule has 1 aromatic carbocycles. The van der Waals surface area contributed by atoms with Gasteiger partial charge in [0.1, 0.15) is 10.8 Å². The first-order valence-electron chi connectivity index (χ1n) is 5.72. The molecule has 9 nitrogen and oxygen atoms in total. The molecule has 0 bridgehead atoms. The van der Waals surface area contributed by atoms with Crippen LogP contribution in [0.3, 0.4) is 0 Å². The lowest BCUT2D eigenvalue weighted by Crippen LogP contribution is -1.99. The molecule has 21 heavy (non-hydrogen) atoms. The molecule has 0 radical (unpaired) electrons. The van der Waals surface area contributed by atoms with Gasteiger partial charge in [0, 0.05) is 6.07 Å². The summed E-state index contributed by atoms with van der Waals surface area (Å²) in [4.78, 5) is 10.3. The Hall–Kier alpha value is -2.81. The van der Waals surface area contributed by atoms with Gasteiger partial charge in [-0.3, -0.25) is 10.1 Å². The van der Waals surface area contributed by atoms with Gasteiger partial charge in [-0.1, -0.05) is 11.6 Å². The predicted octanol–water partition coefficient (Wildman–Crippen LogP) is 2.18. The van der Waals surface area contributed by atoms with Crippen molar-refractivity contribution in [1.29, 1.82) is 0 Å². The molecule has 3 rings (SSSR count). The fraction of sp³-hybridized carbons (Fsp3) is 0.0909. The summed E-state index contributed by atoms with van der Waals surface area (Å²) in [6.45, 7) is 1.72. The third kappa shape index (κ3) is 2.46. The summed E-state index contributed by atoms with van der Waals surface area (Å²) < 4.78 is 6.73. The van der Waals surface area contributed by atoms with Crippen molar-refractivity contribution >= 4 is 22.9 Å². The maximum Gasteiger partial charge on any atom is 0.291 e. The molecule has 0 unspecified atom stereocenters. The first-order chi connectivity index (χ1) is 10.0. The minimum absolute atomic E-state index is 0.0498. The van der Waals surface area contributed by atoms with Gasteiger partial charge in [-0.25, -0.2) is 0 Å².